The van der Waals surface area contributed by atoms with Gasteiger partial charge in [-0.05, 0) is 37.1 Å². The molecule has 8 nitrogen and oxygen atoms in total. The molecular weight excluding hydrogens is 426 g/mol. The largest absolute Gasteiger partial charge is 0.507 e. The van der Waals surface area contributed by atoms with Crippen LogP contribution >= 0.6 is 0 Å². The zero-order chi connectivity index (χ0) is 24.2. The van der Waals surface area contributed by atoms with Gasteiger partial charge in [0.1, 0.15) is 23.0 Å². The van der Waals surface area contributed by atoms with E-state index in [0.29, 0.717) is 55.3 Å². The lowest BCUT2D eigenvalue weighted by atomic mass is 10.0. The maximum atomic E-state index is 11.9. The number of carbonyl (C=O) groups is 2. The van der Waals surface area contributed by atoms with Crippen LogP contribution in [0.15, 0.2) is 43.0 Å². The van der Waals surface area contributed by atoms with Crippen LogP contribution in [0.3, 0.4) is 0 Å². The minimum Gasteiger partial charge on any atom is -0.507 e. The fourth-order valence-electron chi connectivity index (χ4n) is 3.29. The molecule has 0 saturated heterocycles. The number of amides is 1. The first-order valence-corrected chi connectivity index (χ1v) is 10.8. The molecule has 0 fully saturated rings. The number of hydrogen-bond donors (Lipinski definition) is 3. The molecule has 178 valence electrons. The van der Waals surface area contributed by atoms with E-state index >= 15 is 0 Å². The standard InChI is InChI=1S/C25H31NO7/c1-4-8-17-20(10-6-11-21(17)33-16-23(27)28)31-14-7-15-32-22-13-12-19(25(30)26-3)24(29)18(22)9-5-2/h5-6,10-13,29H,2,4,7-9,14-16H2,1,3H3,(H,26,30)(H,27,28). The molecule has 3 N–H and O–H groups in total. The van der Waals surface area contributed by atoms with E-state index in [2.05, 4.69) is 11.9 Å². The lowest BCUT2D eigenvalue weighted by Crippen LogP contribution is -2.18. The first kappa shape index (κ1) is 25.6. The first-order chi connectivity index (χ1) is 15.9. The van der Waals surface area contributed by atoms with Gasteiger partial charge < -0.3 is 29.7 Å². The van der Waals surface area contributed by atoms with Crippen LogP contribution in [0.2, 0.25) is 0 Å². The van der Waals surface area contributed by atoms with Gasteiger partial charge in [-0.25, -0.2) is 4.79 Å². The van der Waals surface area contributed by atoms with Gasteiger partial charge in [-0.3, -0.25) is 4.79 Å². The molecule has 0 unspecified atom stereocenters. The molecule has 33 heavy (non-hydrogen) atoms. The Morgan fingerprint density at radius 3 is 2.24 bits per heavy atom. The molecule has 1 amide bonds. The third-order valence-corrected chi connectivity index (χ3v) is 4.80. The number of aliphatic carboxylic acids is 1. The third kappa shape index (κ3) is 7.17. The van der Waals surface area contributed by atoms with E-state index in [1.165, 1.54) is 13.1 Å². The number of benzene rings is 2. The second-order valence-electron chi connectivity index (χ2n) is 7.23. The Morgan fingerprint density at radius 1 is 1.03 bits per heavy atom. The summed E-state index contributed by atoms with van der Waals surface area (Å²) < 4.78 is 17.1. The van der Waals surface area contributed by atoms with Crippen molar-refractivity contribution >= 4 is 11.9 Å². The molecule has 2 aromatic rings. The van der Waals surface area contributed by atoms with Crippen molar-refractivity contribution in [1.82, 2.24) is 5.32 Å². The number of phenolic OH excluding ortho intramolecular Hbond substituents is 1. The molecule has 0 aliphatic carbocycles. The number of hydrogen-bond acceptors (Lipinski definition) is 6. The van der Waals surface area contributed by atoms with E-state index < -0.39 is 12.6 Å². The maximum Gasteiger partial charge on any atom is 0.341 e. The van der Waals surface area contributed by atoms with E-state index in [-0.39, 0.29) is 17.2 Å². The molecule has 0 aliphatic heterocycles. The van der Waals surface area contributed by atoms with Crippen LogP contribution in [0.4, 0.5) is 0 Å². The van der Waals surface area contributed by atoms with Crippen molar-refractivity contribution in [3.8, 4) is 23.0 Å². The minimum absolute atomic E-state index is 0.120. The summed E-state index contributed by atoms with van der Waals surface area (Å²) in [5.41, 5.74) is 1.52. The molecule has 0 saturated carbocycles. The summed E-state index contributed by atoms with van der Waals surface area (Å²) in [6.07, 6.45) is 4.11. The van der Waals surface area contributed by atoms with E-state index in [1.54, 1.807) is 24.3 Å². The van der Waals surface area contributed by atoms with Crippen molar-refractivity contribution in [2.24, 2.45) is 0 Å². The number of aromatic hydroxyl groups is 1. The monoisotopic (exact) mass is 457 g/mol. The van der Waals surface area contributed by atoms with Crippen LogP contribution in [0, 0.1) is 0 Å². The summed E-state index contributed by atoms with van der Waals surface area (Å²) in [5.74, 6) is 0.107. The summed E-state index contributed by atoms with van der Waals surface area (Å²) in [6.45, 7) is 6.02. The van der Waals surface area contributed by atoms with Gasteiger partial charge in [0, 0.05) is 24.6 Å². The predicted molar refractivity (Wildman–Crippen MR) is 125 cm³/mol. The molecule has 8 heteroatoms. The Labute approximate surface area is 193 Å². The Bertz CT molecular complexity index is 971. The number of phenols is 1. The average Bonchev–Trinajstić information content (AvgIpc) is 2.80. The summed E-state index contributed by atoms with van der Waals surface area (Å²) in [5, 5.41) is 21.8. The third-order valence-electron chi connectivity index (χ3n) is 4.80. The van der Waals surface area contributed by atoms with Gasteiger partial charge in [0.25, 0.3) is 5.91 Å². The highest BCUT2D eigenvalue weighted by Gasteiger charge is 2.17. The fourth-order valence-corrected chi connectivity index (χ4v) is 3.29. The van der Waals surface area contributed by atoms with Crippen molar-refractivity contribution in [2.75, 3.05) is 26.9 Å². The van der Waals surface area contributed by atoms with E-state index in [9.17, 15) is 14.7 Å². The molecule has 0 bridgehead atoms. The van der Waals surface area contributed by atoms with Crippen LogP contribution in [0.1, 0.15) is 41.3 Å². The highest BCUT2D eigenvalue weighted by molar-refractivity contribution is 5.97. The summed E-state index contributed by atoms with van der Waals surface area (Å²) >= 11 is 0. The van der Waals surface area contributed by atoms with Gasteiger partial charge in [0.15, 0.2) is 6.61 Å². The number of carbonyl (C=O) groups excluding carboxylic acids is 1. The molecule has 0 atom stereocenters. The average molecular weight is 458 g/mol. The van der Waals surface area contributed by atoms with Crippen molar-refractivity contribution in [3.05, 3.63) is 59.7 Å². The Kier molecular flexibility index (Phi) is 10.1. The smallest absolute Gasteiger partial charge is 0.341 e. The number of ether oxygens (including phenoxy) is 3. The minimum atomic E-state index is -1.04. The first-order valence-electron chi connectivity index (χ1n) is 10.8. The van der Waals surface area contributed by atoms with Gasteiger partial charge in [-0.15, -0.1) is 6.58 Å². The topological polar surface area (TPSA) is 114 Å². The van der Waals surface area contributed by atoms with Gasteiger partial charge >= 0.3 is 5.97 Å². The Hall–Kier alpha value is -3.68. The van der Waals surface area contributed by atoms with Crippen molar-refractivity contribution in [2.45, 2.75) is 32.6 Å². The number of carboxylic acid groups (broad SMARTS) is 1. The molecule has 0 spiro atoms. The predicted octanol–water partition coefficient (Wildman–Crippen LogP) is 3.74. The van der Waals surface area contributed by atoms with Crippen molar-refractivity contribution < 1.29 is 34.0 Å². The van der Waals surface area contributed by atoms with E-state index in [4.69, 9.17) is 19.3 Å². The quantitative estimate of drug-likeness (QED) is 0.292. The molecule has 2 aromatic carbocycles. The van der Waals surface area contributed by atoms with Crippen molar-refractivity contribution in [3.63, 3.8) is 0 Å². The molecule has 0 heterocycles. The maximum absolute atomic E-state index is 11.9. The molecule has 2 rings (SSSR count). The fraction of sp³-hybridized carbons (Fsp3) is 0.360. The summed E-state index contributed by atoms with van der Waals surface area (Å²) in [4.78, 5) is 22.7. The molecule has 0 aromatic heterocycles. The summed E-state index contributed by atoms with van der Waals surface area (Å²) in [7, 11) is 1.50. The molecule has 0 aliphatic rings. The molecule has 0 radical (unpaired) electrons. The van der Waals surface area contributed by atoms with Crippen LogP contribution in [0.5, 0.6) is 23.0 Å². The van der Waals surface area contributed by atoms with Crippen LogP contribution < -0.4 is 19.5 Å². The van der Waals surface area contributed by atoms with Crippen LogP contribution in [0.25, 0.3) is 0 Å². The van der Waals surface area contributed by atoms with Gasteiger partial charge in [-0.2, -0.15) is 0 Å². The number of nitrogens with one attached hydrogen (secondary N) is 1. The van der Waals surface area contributed by atoms with E-state index in [0.717, 1.165) is 12.0 Å². The number of carboxylic acids is 1. The number of allylic oxidation sites excluding steroid dienone is 1. The van der Waals surface area contributed by atoms with E-state index in [1.807, 2.05) is 13.0 Å². The Morgan fingerprint density at radius 2 is 1.67 bits per heavy atom. The second kappa shape index (κ2) is 13.0. The Balaban J connectivity index is 2.00. The van der Waals surface area contributed by atoms with Crippen LogP contribution in [-0.2, 0) is 17.6 Å². The van der Waals surface area contributed by atoms with Gasteiger partial charge in [0.05, 0.1) is 18.8 Å². The lowest BCUT2D eigenvalue weighted by Gasteiger charge is -2.16. The molecular formula is C25H31NO7. The lowest BCUT2D eigenvalue weighted by molar-refractivity contribution is -0.139. The normalized spacial score (nSPS) is 10.4. The zero-order valence-corrected chi connectivity index (χ0v) is 19.1. The SMILES string of the molecule is C=CCc1c(OCCCOc2cccc(OCC(=O)O)c2CCC)ccc(C(=O)NC)c1O. The highest BCUT2D eigenvalue weighted by atomic mass is 16.5. The number of rotatable bonds is 14. The zero-order valence-electron chi connectivity index (χ0n) is 19.1. The highest BCUT2D eigenvalue weighted by Crippen LogP contribution is 2.33. The van der Waals surface area contributed by atoms with Gasteiger partial charge in [-0.1, -0.05) is 25.5 Å². The summed E-state index contributed by atoms with van der Waals surface area (Å²) in [6, 6.07) is 8.51. The van der Waals surface area contributed by atoms with Crippen molar-refractivity contribution in [1.29, 1.82) is 0 Å². The van der Waals surface area contributed by atoms with Gasteiger partial charge in [0.2, 0.25) is 0 Å². The van der Waals surface area contributed by atoms with Crippen LogP contribution in [-0.4, -0.2) is 49.0 Å². The second-order valence-corrected chi connectivity index (χ2v) is 7.23.